The molecule has 0 aliphatic rings. The molecule has 0 spiro atoms. The van der Waals surface area contributed by atoms with Crippen molar-refractivity contribution in [3.05, 3.63) is 199 Å². The van der Waals surface area contributed by atoms with Gasteiger partial charge in [-0.25, -0.2) is 0 Å². The maximum Gasteiger partial charge on any atom is 0.0541 e. The molecule has 0 radical (unpaired) electrons. The number of fused-ring (bicyclic) bond motifs is 6. The second kappa shape index (κ2) is 12.5. The molecule has 7 aromatic carbocycles. The van der Waals surface area contributed by atoms with Crippen molar-refractivity contribution in [2.75, 3.05) is 0 Å². The fraction of sp³-hybridized carbons (Fsp3) is 0.0213. The average Bonchev–Trinajstić information content (AvgIpc) is 3.69. The van der Waals surface area contributed by atoms with Gasteiger partial charge in [-0.15, -0.1) is 0 Å². The van der Waals surface area contributed by atoms with Gasteiger partial charge in [0.15, 0.2) is 0 Å². The van der Waals surface area contributed by atoms with E-state index in [9.17, 15) is 0 Å². The van der Waals surface area contributed by atoms with Crippen LogP contribution in [-0.2, 0) is 6.42 Å². The van der Waals surface area contributed by atoms with Crippen LogP contribution in [0.25, 0.3) is 71.8 Å². The third kappa shape index (κ3) is 5.17. The number of aromatic nitrogens is 2. The van der Waals surface area contributed by atoms with Crippen molar-refractivity contribution in [3.63, 3.8) is 0 Å². The number of para-hydroxylation sites is 3. The number of benzene rings is 7. The van der Waals surface area contributed by atoms with Crippen LogP contribution >= 0.6 is 0 Å². The molecule has 0 bridgehead atoms. The van der Waals surface area contributed by atoms with Gasteiger partial charge in [-0.1, -0.05) is 133 Å². The van der Waals surface area contributed by atoms with Gasteiger partial charge in [-0.05, 0) is 83.3 Å². The van der Waals surface area contributed by atoms with Crippen LogP contribution in [0.15, 0.2) is 188 Å². The zero-order valence-electron chi connectivity index (χ0n) is 27.6. The molecule has 3 heteroatoms. The standard InChI is InChI=1S/C47H35N3/c48-43(34-16-6-2-7-17-34)32-38(27-24-33-14-4-1-5-15-33)50-45-23-13-11-21-40(45)42-31-36(26-29-47(42)50)35-25-28-46-41(30-35)39-20-10-12-22-44(39)49(46)37-18-8-3-9-19-37/h1-23,25-32H,24,48H2/b38-27+,43-32-. The number of hydrogen-bond acceptors (Lipinski definition) is 1. The first kappa shape index (κ1) is 29.6. The molecule has 0 atom stereocenters. The second-order valence-corrected chi connectivity index (χ2v) is 12.8. The fourth-order valence-electron chi connectivity index (χ4n) is 7.36. The Morgan fingerprint density at radius 2 is 0.980 bits per heavy atom. The Labute approximate surface area is 291 Å². The van der Waals surface area contributed by atoms with Gasteiger partial charge in [0, 0.05) is 38.6 Å². The summed E-state index contributed by atoms with van der Waals surface area (Å²) in [6.45, 7) is 0. The topological polar surface area (TPSA) is 35.9 Å². The zero-order valence-corrected chi connectivity index (χ0v) is 27.6. The van der Waals surface area contributed by atoms with Crippen LogP contribution in [0.5, 0.6) is 0 Å². The van der Waals surface area contributed by atoms with Crippen LogP contribution in [0.4, 0.5) is 0 Å². The highest BCUT2D eigenvalue weighted by molar-refractivity contribution is 6.13. The van der Waals surface area contributed by atoms with Gasteiger partial charge in [0.05, 0.1) is 22.1 Å². The summed E-state index contributed by atoms with van der Waals surface area (Å²) in [7, 11) is 0. The monoisotopic (exact) mass is 641 g/mol. The van der Waals surface area contributed by atoms with E-state index in [0.717, 1.165) is 34.4 Å². The first-order valence-electron chi connectivity index (χ1n) is 17.1. The van der Waals surface area contributed by atoms with Gasteiger partial charge in [-0.2, -0.15) is 0 Å². The maximum absolute atomic E-state index is 6.79. The van der Waals surface area contributed by atoms with Gasteiger partial charge in [0.25, 0.3) is 0 Å². The highest BCUT2D eigenvalue weighted by atomic mass is 15.0. The van der Waals surface area contributed by atoms with E-state index in [2.05, 4.69) is 179 Å². The third-order valence-electron chi connectivity index (χ3n) is 9.75. The van der Waals surface area contributed by atoms with E-state index in [-0.39, 0.29) is 0 Å². The molecule has 0 aliphatic carbocycles. The van der Waals surface area contributed by atoms with E-state index < -0.39 is 0 Å². The molecule has 238 valence electrons. The maximum atomic E-state index is 6.79. The van der Waals surface area contributed by atoms with Crippen molar-refractivity contribution in [2.24, 2.45) is 5.73 Å². The van der Waals surface area contributed by atoms with Gasteiger partial charge in [-0.3, -0.25) is 0 Å². The molecule has 2 heterocycles. The molecule has 50 heavy (non-hydrogen) atoms. The predicted molar refractivity (Wildman–Crippen MR) is 212 cm³/mol. The van der Waals surface area contributed by atoms with Crippen molar-refractivity contribution in [3.8, 4) is 16.8 Å². The summed E-state index contributed by atoms with van der Waals surface area (Å²) in [6, 6.07) is 62.6. The fourth-order valence-corrected chi connectivity index (χ4v) is 7.36. The van der Waals surface area contributed by atoms with Gasteiger partial charge in [0.2, 0.25) is 0 Å². The molecular formula is C47H35N3. The summed E-state index contributed by atoms with van der Waals surface area (Å²) >= 11 is 0. The van der Waals surface area contributed by atoms with Crippen LogP contribution in [-0.4, -0.2) is 9.13 Å². The highest BCUT2D eigenvalue weighted by Gasteiger charge is 2.16. The molecule has 0 unspecified atom stereocenters. The Morgan fingerprint density at radius 3 is 1.68 bits per heavy atom. The summed E-state index contributed by atoms with van der Waals surface area (Å²) in [5.41, 5.74) is 19.1. The lowest BCUT2D eigenvalue weighted by Crippen LogP contribution is -2.01. The minimum absolute atomic E-state index is 0.732. The number of allylic oxidation sites excluding steroid dienone is 3. The average molecular weight is 642 g/mol. The van der Waals surface area contributed by atoms with E-state index in [4.69, 9.17) is 5.73 Å². The Morgan fingerprint density at radius 1 is 0.480 bits per heavy atom. The molecular weight excluding hydrogens is 607 g/mol. The van der Waals surface area contributed by atoms with Crippen molar-refractivity contribution >= 4 is 55.0 Å². The molecule has 0 amide bonds. The Kier molecular flexibility index (Phi) is 7.37. The quantitative estimate of drug-likeness (QED) is 0.173. The van der Waals surface area contributed by atoms with Gasteiger partial charge >= 0.3 is 0 Å². The molecule has 0 fully saturated rings. The lowest BCUT2D eigenvalue weighted by atomic mass is 10.0. The highest BCUT2D eigenvalue weighted by Crippen LogP contribution is 2.38. The predicted octanol–water partition coefficient (Wildman–Crippen LogP) is 11.6. The normalized spacial score (nSPS) is 12.4. The minimum Gasteiger partial charge on any atom is -0.398 e. The summed E-state index contributed by atoms with van der Waals surface area (Å²) in [6.07, 6.45) is 5.20. The van der Waals surface area contributed by atoms with Crippen LogP contribution in [0.3, 0.4) is 0 Å². The number of nitrogens with two attached hydrogens (primary N) is 1. The molecule has 0 aliphatic heterocycles. The lowest BCUT2D eigenvalue weighted by Gasteiger charge is -2.12. The molecule has 2 N–H and O–H groups in total. The summed E-state index contributed by atoms with van der Waals surface area (Å²) in [5.74, 6) is 0. The van der Waals surface area contributed by atoms with Crippen LogP contribution in [0.1, 0.15) is 11.1 Å². The largest absolute Gasteiger partial charge is 0.398 e. The van der Waals surface area contributed by atoms with E-state index in [0.29, 0.717) is 0 Å². The summed E-state index contributed by atoms with van der Waals surface area (Å²) < 4.78 is 4.73. The van der Waals surface area contributed by atoms with E-state index in [1.54, 1.807) is 0 Å². The molecule has 0 saturated carbocycles. The van der Waals surface area contributed by atoms with Gasteiger partial charge < -0.3 is 14.9 Å². The molecule has 3 nitrogen and oxygen atoms in total. The number of hydrogen-bond donors (Lipinski definition) is 1. The third-order valence-corrected chi connectivity index (χ3v) is 9.75. The summed E-state index contributed by atoms with van der Waals surface area (Å²) in [4.78, 5) is 0. The Balaban J connectivity index is 1.22. The lowest BCUT2D eigenvalue weighted by molar-refractivity contribution is 1.18. The number of nitrogens with zero attached hydrogens (tertiary/aromatic N) is 2. The molecule has 9 rings (SSSR count). The van der Waals surface area contributed by atoms with Crippen molar-refractivity contribution in [2.45, 2.75) is 6.42 Å². The van der Waals surface area contributed by atoms with Crippen LogP contribution in [0, 0.1) is 0 Å². The van der Waals surface area contributed by atoms with Crippen molar-refractivity contribution in [1.82, 2.24) is 9.13 Å². The van der Waals surface area contributed by atoms with Crippen LogP contribution in [0.2, 0.25) is 0 Å². The SMILES string of the molecule is N/C(=C\C(=C/Cc1ccccc1)n1c2ccccc2c2cc(-c3ccc4c(c3)c3ccccc3n4-c3ccccc3)ccc21)c1ccccc1. The second-order valence-electron chi connectivity index (χ2n) is 12.8. The van der Waals surface area contributed by atoms with Gasteiger partial charge in [0.1, 0.15) is 0 Å². The Bertz CT molecular complexity index is 2710. The smallest absolute Gasteiger partial charge is 0.0541 e. The van der Waals surface area contributed by atoms with E-state index in [1.807, 2.05) is 18.2 Å². The number of rotatable bonds is 7. The summed E-state index contributed by atoms with van der Waals surface area (Å²) in [5, 5.41) is 4.92. The van der Waals surface area contributed by atoms with E-state index in [1.165, 1.54) is 55.0 Å². The van der Waals surface area contributed by atoms with E-state index >= 15 is 0 Å². The molecule has 9 aromatic rings. The molecule has 0 saturated heterocycles. The Hall–Kier alpha value is -6.58. The first-order chi connectivity index (χ1) is 24.7. The van der Waals surface area contributed by atoms with Crippen molar-refractivity contribution in [1.29, 1.82) is 0 Å². The minimum atomic E-state index is 0.732. The van der Waals surface area contributed by atoms with Crippen LogP contribution < -0.4 is 5.73 Å². The molecule has 2 aromatic heterocycles. The zero-order chi connectivity index (χ0) is 33.4. The first-order valence-corrected chi connectivity index (χ1v) is 17.1. The van der Waals surface area contributed by atoms with Crippen molar-refractivity contribution < 1.29 is 0 Å².